The monoisotopic (exact) mass is 363 g/mol. The van der Waals surface area contributed by atoms with Gasteiger partial charge in [0.2, 0.25) is 5.91 Å². The van der Waals surface area contributed by atoms with Gasteiger partial charge in [0.15, 0.2) is 0 Å². The minimum atomic E-state index is 0.0541. The van der Waals surface area contributed by atoms with Crippen molar-refractivity contribution in [3.05, 3.63) is 46.9 Å². The van der Waals surface area contributed by atoms with Crippen molar-refractivity contribution in [2.24, 2.45) is 5.92 Å². The summed E-state index contributed by atoms with van der Waals surface area (Å²) < 4.78 is 1.98. The minimum Gasteiger partial charge on any atom is -0.359 e. The van der Waals surface area contributed by atoms with E-state index in [4.69, 9.17) is 5.10 Å². The summed E-state index contributed by atoms with van der Waals surface area (Å²) in [5.41, 5.74) is 6.07. The molecule has 6 heteroatoms. The van der Waals surface area contributed by atoms with E-state index in [-0.39, 0.29) is 17.7 Å². The first-order valence-electron chi connectivity index (χ1n) is 9.50. The molecule has 6 nitrogen and oxygen atoms in total. The maximum absolute atomic E-state index is 12.0. The SMILES string of the molecule is CNC(=O)C1CCC(c2nnc(C)c3c(C)n(-c4ccc(C)cc4)nc23)C1. The van der Waals surface area contributed by atoms with Gasteiger partial charge in [0, 0.05) is 24.3 Å². The van der Waals surface area contributed by atoms with Gasteiger partial charge in [-0.1, -0.05) is 17.7 Å². The van der Waals surface area contributed by atoms with Crippen molar-refractivity contribution in [3.63, 3.8) is 0 Å². The maximum Gasteiger partial charge on any atom is 0.222 e. The number of amides is 1. The molecule has 1 aromatic carbocycles. The Kier molecular flexibility index (Phi) is 4.42. The standard InChI is InChI=1S/C21H25N5O/c1-12-5-9-17(10-6-12)26-14(3)18-13(2)23-24-19(20(18)25-26)15-7-8-16(11-15)21(27)22-4/h5-6,9-10,15-16H,7-8,11H2,1-4H3,(H,22,27). The summed E-state index contributed by atoms with van der Waals surface area (Å²) in [6.07, 6.45) is 2.64. The highest BCUT2D eigenvalue weighted by molar-refractivity contribution is 5.86. The Balaban J connectivity index is 1.79. The number of carbonyl (C=O) groups is 1. The maximum atomic E-state index is 12.0. The van der Waals surface area contributed by atoms with E-state index in [0.717, 1.165) is 52.9 Å². The number of nitrogens with zero attached hydrogens (tertiary/aromatic N) is 4. The molecule has 1 aliphatic rings. The number of aromatic nitrogens is 4. The van der Waals surface area contributed by atoms with Gasteiger partial charge in [0.25, 0.3) is 0 Å². The van der Waals surface area contributed by atoms with Gasteiger partial charge in [0.1, 0.15) is 5.52 Å². The number of benzene rings is 1. The summed E-state index contributed by atoms with van der Waals surface area (Å²) in [5.74, 6) is 0.400. The van der Waals surface area contributed by atoms with E-state index in [1.165, 1.54) is 5.56 Å². The van der Waals surface area contributed by atoms with Crippen LogP contribution in [-0.2, 0) is 4.79 Å². The second-order valence-electron chi connectivity index (χ2n) is 7.55. The zero-order valence-corrected chi connectivity index (χ0v) is 16.3. The van der Waals surface area contributed by atoms with Crippen LogP contribution in [0.4, 0.5) is 0 Å². The molecule has 140 valence electrons. The van der Waals surface area contributed by atoms with Gasteiger partial charge in [-0.2, -0.15) is 15.3 Å². The quantitative estimate of drug-likeness (QED) is 0.774. The number of fused-ring (bicyclic) bond motifs is 1. The zero-order valence-electron chi connectivity index (χ0n) is 16.3. The molecule has 0 radical (unpaired) electrons. The Bertz CT molecular complexity index is 1010. The van der Waals surface area contributed by atoms with Crippen LogP contribution in [0.15, 0.2) is 24.3 Å². The fourth-order valence-corrected chi connectivity index (χ4v) is 4.23. The highest BCUT2D eigenvalue weighted by Gasteiger charge is 2.33. The number of carbonyl (C=O) groups excluding carboxylic acids is 1. The van der Waals surface area contributed by atoms with Crippen molar-refractivity contribution >= 4 is 16.8 Å². The molecule has 1 saturated carbocycles. The van der Waals surface area contributed by atoms with Gasteiger partial charge in [-0.15, -0.1) is 0 Å². The highest BCUT2D eigenvalue weighted by atomic mass is 16.1. The molecule has 2 atom stereocenters. The lowest BCUT2D eigenvalue weighted by Crippen LogP contribution is -2.25. The number of hydrogen-bond donors (Lipinski definition) is 1. The number of rotatable bonds is 3. The van der Waals surface area contributed by atoms with E-state index in [2.05, 4.69) is 53.6 Å². The molecule has 1 N–H and O–H groups in total. The van der Waals surface area contributed by atoms with Gasteiger partial charge in [-0.3, -0.25) is 4.79 Å². The highest BCUT2D eigenvalue weighted by Crippen LogP contribution is 2.40. The molecule has 0 saturated heterocycles. The predicted molar refractivity (Wildman–Crippen MR) is 105 cm³/mol. The lowest BCUT2D eigenvalue weighted by atomic mass is 9.99. The fraction of sp³-hybridized carbons (Fsp3) is 0.429. The van der Waals surface area contributed by atoms with Crippen LogP contribution in [-0.4, -0.2) is 32.9 Å². The number of aryl methyl sites for hydroxylation is 3. The molecule has 2 aromatic heterocycles. The number of hydrogen-bond acceptors (Lipinski definition) is 4. The normalized spacial score (nSPS) is 19.6. The van der Waals surface area contributed by atoms with Gasteiger partial charge in [-0.25, -0.2) is 4.68 Å². The van der Waals surface area contributed by atoms with Gasteiger partial charge in [0.05, 0.1) is 22.8 Å². The van der Waals surface area contributed by atoms with E-state index >= 15 is 0 Å². The van der Waals surface area contributed by atoms with Crippen LogP contribution in [0.3, 0.4) is 0 Å². The molecule has 2 unspecified atom stereocenters. The van der Waals surface area contributed by atoms with Crippen molar-refractivity contribution in [3.8, 4) is 5.69 Å². The Morgan fingerprint density at radius 3 is 2.56 bits per heavy atom. The number of nitrogens with one attached hydrogen (secondary N) is 1. The largest absolute Gasteiger partial charge is 0.359 e. The van der Waals surface area contributed by atoms with Crippen molar-refractivity contribution in [2.75, 3.05) is 7.05 Å². The summed E-state index contributed by atoms with van der Waals surface area (Å²) in [7, 11) is 1.70. The first-order valence-corrected chi connectivity index (χ1v) is 9.50. The molecule has 0 spiro atoms. The first-order chi connectivity index (χ1) is 13.0. The third-order valence-electron chi connectivity index (χ3n) is 5.74. The lowest BCUT2D eigenvalue weighted by molar-refractivity contribution is -0.124. The Labute approximate surface area is 159 Å². The van der Waals surface area contributed by atoms with Crippen molar-refractivity contribution in [2.45, 2.75) is 46.0 Å². The Morgan fingerprint density at radius 2 is 1.85 bits per heavy atom. The topological polar surface area (TPSA) is 72.7 Å². The molecule has 1 amide bonds. The Morgan fingerprint density at radius 1 is 1.11 bits per heavy atom. The molecule has 4 rings (SSSR count). The summed E-state index contributed by atoms with van der Waals surface area (Å²) in [5, 5.41) is 17.7. The van der Waals surface area contributed by atoms with Crippen molar-refractivity contribution in [1.82, 2.24) is 25.3 Å². The molecule has 1 aliphatic carbocycles. The van der Waals surface area contributed by atoms with Crippen molar-refractivity contribution < 1.29 is 4.79 Å². The van der Waals surface area contributed by atoms with Gasteiger partial charge < -0.3 is 5.32 Å². The minimum absolute atomic E-state index is 0.0541. The average molecular weight is 363 g/mol. The van der Waals surface area contributed by atoms with Crippen LogP contribution in [0.2, 0.25) is 0 Å². The second-order valence-corrected chi connectivity index (χ2v) is 7.55. The summed E-state index contributed by atoms with van der Waals surface area (Å²) >= 11 is 0. The smallest absolute Gasteiger partial charge is 0.222 e. The van der Waals surface area contributed by atoms with E-state index in [1.807, 2.05) is 11.6 Å². The van der Waals surface area contributed by atoms with E-state index in [9.17, 15) is 4.79 Å². The second kappa shape index (κ2) is 6.76. The molecule has 1 fully saturated rings. The molecule has 3 aromatic rings. The molecule has 0 bridgehead atoms. The third kappa shape index (κ3) is 2.99. The average Bonchev–Trinajstić information content (AvgIpc) is 3.28. The van der Waals surface area contributed by atoms with Crippen LogP contribution in [0.5, 0.6) is 0 Å². The van der Waals surface area contributed by atoms with E-state index < -0.39 is 0 Å². The summed E-state index contributed by atoms with van der Waals surface area (Å²) in [4.78, 5) is 12.0. The first kappa shape index (κ1) is 17.6. The molecular formula is C21H25N5O. The Hall–Kier alpha value is -2.76. The van der Waals surface area contributed by atoms with Crippen LogP contribution < -0.4 is 5.32 Å². The third-order valence-corrected chi connectivity index (χ3v) is 5.74. The van der Waals surface area contributed by atoms with Crippen molar-refractivity contribution in [1.29, 1.82) is 0 Å². The van der Waals surface area contributed by atoms with Crippen LogP contribution in [0.1, 0.15) is 47.8 Å². The zero-order chi connectivity index (χ0) is 19.1. The fourth-order valence-electron chi connectivity index (χ4n) is 4.23. The van der Waals surface area contributed by atoms with Crippen LogP contribution in [0, 0.1) is 26.7 Å². The van der Waals surface area contributed by atoms with E-state index in [1.54, 1.807) is 7.05 Å². The van der Waals surface area contributed by atoms with Gasteiger partial charge in [-0.05, 0) is 52.2 Å². The summed E-state index contributed by atoms with van der Waals surface area (Å²) in [6, 6.07) is 8.36. The van der Waals surface area contributed by atoms with Gasteiger partial charge >= 0.3 is 0 Å². The lowest BCUT2D eigenvalue weighted by Gasteiger charge is -2.10. The molecule has 27 heavy (non-hydrogen) atoms. The molecule has 2 heterocycles. The molecular weight excluding hydrogens is 338 g/mol. The van der Waals surface area contributed by atoms with Crippen LogP contribution in [0.25, 0.3) is 16.6 Å². The van der Waals surface area contributed by atoms with E-state index in [0.29, 0.717) is 0 Å². The predicted octanol–water partition coefficient (Wildman–Crippen LogP) is 3.37. The molecule has 0 aliphatic heterocycles. The van der Waals surface area contributed by atoms with Crippen LogP contribution >= 0.6 is 0 Å². The summed E-state index contributed by atoms with van der Waals surface area (Å²) in [6.45, 7) is 6.14.